The minimum atomic E-state index is -0.301. The molecular weight excluding hydrogens is 360 g/mol. The molecule has 1 rings (SSSR count). The molecule has 0 spiro atoms. The van der Waals surface area contributed by atoms with Crippen molar-refractivity contribution in [3.05, 3.63) is 41.5 Å². The first-order chi connectivity index (χ1) is 13.5. The highest BCUT2D eigenvalue weighted by Gasteiger charge is 2.20. The van der Waals surface area contributed by atoms with Crippen molar-refractivity contribution in [3.63, 3.8) is 0 Å². The van der Waals surface area contributed by atoms with Gasteiger partial charge < -0.3 is 0 Å². The summed E-state index contributed by atoms with van der Waals surface area (Å²) in [4.78, 5) is -0.301. The third-order valence-electron chi connectivity index (χ3n) is 5.81. The SMILES string of the molecule is C=Cc1ccc(C(C)(C)Cl)c(CCCCCCCCCCCCCCCC)c1. The van der Waals surface area contributed by atoms with Crippen molar-refractivity contribution in [2.75, 3.05) is 0 Å². The molecule has 0 saturated heterocycles. The first-order valence-corrected chi connectivity index (χ1v) is 12.3. The summed E-state index contributed by atoms with van der Waals surface area (Å²) in [5.41, 5.74) is 3.87. The molecule has 0 radical (unpaired) electrons. The van der Waals surface area contributed by atoms with Crippen molar-refractivity contribution in [2.24, 2.45) is 0 Å². The van der Waals surface area contributed by atoms with Gasteiger partial charge in [0, 0.05) is 0 Å². The van der Waals surface area contributed by atoms with Crippen LogP contribution in [0.1, 0.15) is 127 Å². The van der Waals surface area contributed by atoms with E-state index < -0.39 is 0 Å². The molecule has 1 aromatic rings. The van der Waals surface area contributed by atoms with Gasteiger partial charge in [0.15, 0.2) is 0 Å². The van der Waals surface area contributed by atoms with Gasteiger partial charge in [0.05, 0.1) is 4.87 Å². The van der Waals surface area contributed by atoms with E-state index in [0.29, 0.717) is 0 Å². The van der Waals surface area contributed by atoms with Crippen molar-refractivity contribution in [3.8, 4) is 0 Å². The van der Waals surface area contributed by atoms with Gasteiger partial charge in [0.25, 0.3) is 0 Å². The van der Waals surface area contributed by atoms with E-state index in [4.69, 9.17) is 11.6 Å². The first-order valence-electron chi connectivity index (χ1n) is 11.9. The van der Waals surface area contributed by atoms with Crippen LogP contribution in [0.15, 0.2) is 24.8 Å². The minimum Gasteiger partial charge on any atom is -0.115 e. The van der Waals surface area contributed by atoms with Gasteiger partial charge in [-0.3, -0.25) is 0 Å². The van der Waals surface area contributed by atoms with E-state index in [1.807, 2.05) is 6.08 Å². The molecule has 0 bridgehead atoms. The highest BCUT2D eigenvalue weighted by atomic mass is 35.5. The predicted octanol–water partition coefficient (Wildman–Crippen LogP) is 9.83. The highest BCUT2D eigenvalue weighted by Crippen LogP contribution is 2.32. The average Bonchev–Trinajstić information content (AvgIpc) is 2.67. The van der Waals surface area contributed by atoms with E-state index >= 15 is 0 Å². The number of aryl methyl sites for hydroxylation is 1. The summed E-state index contributed by atoms with van der Waals surface area (Å²) >= 11 is 6.60. The number of alkyl halides is 1. The Morgan fingerprint density at radius 3 is 1.68 bits per heavy atom. The third-order valence-corrected chi connectivity index (χ3v) is 6.01. The largest absolute Gasteiger partial charge is 0.115 e. The number of rotatable bonds is 17. The van der Waals surface area contributed by atoms with Gasteiger partial charge in [-0.25, -0.2) is 0 Å². The van der Waals surface area contributed by atoms with Gasteiger partial charge in [-0.1, -0.05) is 121 Å². The Balaban J connectivity index is 2.09. The zero-order chi connectivity index (χ0) is 20.7. The van der Waals surface area contributed by atoms with E-state index in [1.54, 1.807) is 0 Å². The molecule has 0 fully saturated rings. The van der Waals surface area contributed by atoms with Gasteiger partial charge in [0.2, 0.25) is 0 Å². The highest BCUT2D eigenvalue weighted by molar-refractivity contribution is 6.23. The van der Waals surface area contributed by atoms with Crippen LogP contribution in [0.5, 0.6) is 0 Å². The van der Waals surface area contributed by atoms with E-state index in [9.17, 15) is 0 Å². The fraction of sp³-hybridized carbons (Fsp3) is 0.704. The molecule has 0 saturated carbocycles. The molecule has 0 atom stereocenters. The standard InChI is InChI=1S/C27H45Cl/c1-5-7-8-9-10-11-12-13-14-15-16-17-18-19-20-25-23-24(6-2)21-22-26(25)27(3,4)28/h6,21-23H,2,5,7-20H2,1,3-4H3. The Morgan fingerprint density at radius 1 is 0.786 bits per heavy atom. The molecule has 1 aromatic carbocycles. The topological polar surface area (TPSA) is 0 Å². The van der Waals surface area contributed by atoms with Crippen molar-refractivity contribution in [2.45, 2.75) is 122 Å². The molecule has 0 aliphatic carbocycles. The van der Waals surface area contributed by atoms with Crippen LogP contribution in [0, 0.1) is 0 Å². The van der Waals surface area contributed by atoms with Crippen molar-refractivity contribution < 1.29 is 0 Å². The Bertz CT molecular complexity index is 524. The maximum Gasteiger partial charge on any atom is 0.0641 e. The fourth-order valence-electron chi connectivity index (χ4n) is 4.04. The normalized spacial score (nSPS) is 11.7. The van der Waals surface area contributed by atoms with E-state index in [0.717, 1.165) is 6.42 Å². The molecule has 0 aliphatic rings. The molecule has 0 aliphatic heterocycles. The summed E-state index contributed by atoms with van der Waals surface area (Å²) in [7, 11) is 0. The second-order valence-corrected chi connectivity index (χ2v) is 9.88. The Morgan fingerprint density at radius 2 is 1.25 bits per heavy atom. The van der Waals surface area contributed by atoms with Gasteiger partial charge in [-0.05, 0) is 43.4 Å². The Labute approximate surface area is 181 Å². The summed E-state index contributed by atoms with van der Waals surface area (Å²) in [6, 6.07) is 6.58. The van der Waals surface area contributed by atoms with E-state index in [1.165, 1.54) is 107 Å². The van der Waals surface area contributed by atoms with E-state index in [2.05, 4.69) is 45.5 Å². The monoisotopic (exact) mass is 404 g/mol. The van der Waals surface area contributed by atoms with Crippen molar-refractivity contribution in [1.29, 1.82) is 0 Å². The number of hydrogen-bond acceptors (Lipinski definition) is 0. The summed E-state index contributed by atoms with van der Waals surface area (Å²) in [5.74, 6) is 0. The second kappa shape index (κ2) is 15.1. The second-order valence-electron chi connectivity index (χ2n) is 8.94. The smallest absolute Gasteiger partial charge is 0.0641 e. The Kier molecular flexibility index (Phi) is 13.7. The Hall–Kier alpha value is -0.750. The maximum absolute atomic E-state index is 6.60. The summed E-state index contributed by atoms with van der Waals surface area (Å²) in [5, 5.41) is 0. The predicted molar refractivity (Wildman–Crippen MR) is 129 cm³/mol. The van der Waals surface area contributed by atoms with Crippen molar-refractivity contribution in [1.82, 2.24) is 0 Å². The lowest BCUT2D eigenvalue weighted by Crippen LogP contribution is -2.11. The zero-order valence-electron chi connectivity index (χ0n) is 19.0. The third kappa shape index (κ3) is 11.3. The summed E-state index contributed by atoms with van der Waals surface area (Å²) < 4.78 is 0. The molecule has 0 N–H and O–H groups in total. The lowest BCUT2D eigenvalue weighted by molar-refractivity contribution is 0.535. The van der Waals surface area contributed by atoms with Crippen LogP contribution >= 0.6 is 11.6 Å². The molecule has 0 aromatic heterocycles. The molecule has 0 nitrogen and oxygen atoms in total. The lowest BCUT2D eigenvalue weighted by atomic mass is 9.91. The molecule has 1 heteroatoms. The van der Waals surface area contributed by atoms with Crippen LogP contribution in [0.25, 0.3) is 6.08 Å². The van der Waals surface area contributed by atoms with Crippen molar-refractivity contribution >= 4 is 17.7 Å². The molecule has 160 valence electrons. The van der Waals surface area contributed by atoms with Crippen LogP contribution in [0.3, 0.4) is 0 Å². The number of unbranched alkanes of at least 4 members (excludes halogenated alkanes) is 13. The molecule has 0 heterocycles. The number of hydrogen-bond donors (Lipinski definition) is 0. The summed E-state index contributed by atoms with van der Waals surface area (Å²) in [6.07, 6.45) is 22.7. The maximum atomic E-state index is 6.60. The quantitative estimate of drug-likeness (QED) is 0.179. The first kappa shape index (κ1) is 25.3. The zero-order valence-corrected chi connectivity index (χ0v) is 19.8. The van der Waals surface area contributed by atoms with Crippen LogP contribution in [-0.4, -0.2) is 0 Å². The number of halogens is 1. The molecular formula is C27H45Cl. The van der Waals surface area contributed by atoms with Gasteiger partial charge in [0.1, 0.15) is 0 Å². The van der Waals surface area contributed by atoms with Crippen LogP contribution < -0.4 is 0 Å². The molecule has 0 amide bonds. The van der Waals surface area contributed by atoms with Gasteiger partial charge in [-0.2, -0.15) is 0 Å². The lowest BCUT2D eigenvalue weighted by Gasteiger charge is -2.21. The number of benzene rings is 1. The fourth-order valence-corrected chi connectivity index (χ4v) is 4.22. The van der Waals surface area contributed by atoms with Crippen LogP contribution in [0.4, 0.5) is 0 Å². The molecule has 0 unspecified atom stereocenters. The molecule has 28 heavy (non-hydrogen) atoms. The summed E-state index contributed by atoms with van der Waals surface area (Å²) in [6.45, 7) is 10.4. The minimum absolute atomic E-state index is 0.301. The van der Waals surface area contributed by atoms with Crippen LogP contribution in [0.2, 0.25) is 0 Å². The average molecular weight is 405 g/mol. The van der Waals surface area contributed by atoms with Gasteiger partial charge in [-0.15, -0.1) is 11.6 Å². The van der Waals surface area contributed by atoms with Crippen LogP contribution in [-0.2, 0) is 11.3 Å². The van der Waals surface area contributed by atoms with E-state index in [-0.39, 0.29) is 4.87 Å². The van der Waals surface area contributed by atoms with Gasteiger partial charge >= 0.3 is 0 Å².